The highest BCUT2D eigenvalue weighted by molar-refractivity contribution is 5.94. The number of piperidine rings is 1. The van der Waals surface area contributed by atoms with Gasteiger partial charge in [-0.25, -0.2) is 0 Å². The lowest BCUT2D eigenvalue weighted by Crippen LogP contribution is -2.39. The summed E-state index contributed by atoms with van der Waals surface area (Å²) in [6.45, 7) is 3.06. The highest BCUT2D eigenvalue weighted by Gasteiger charge is 2.28. The van der Waals surface area contributed by atoms with Crippen LogP contribution >= 0.6 is 0 Å². The van der Waals surface area contributed by atoms with Crippen LogP contribution in [0.4, 0.5) is 0 Å². The number of aromatic nitrogens is 3. The smallest absolute Gasteiger partial charge is 0.253 e. The normalized spacial score (nSPS) is 16.6. The first kappa shape index (κ1) is 17.9. The molecule has 28 heavy (non-hydrogen) atoms. The third-order valence-electron chi connectivity index (χ3n) is 4.95. The molecule has 3 heterocycles. The Morgan fingerprint density at radius 3 is 2.82 bits per heavy atom. The summed E-state index contributed by atoms with van der Waals surface area (Å²) < 4.78 is 5.08. The number of carbonyl (C=O) groups excluding carboxylic acids is 1. The molecule has 0 spiro atoms. The van der Waals surface area contributed by atoms with Gasteiger partial charge in [-0.15, -0.1) is 0 Å². The summed E-state index contributed by atoms with van der Waals surface area (Å²) >= 11 is 0. The first-order valence-electron chi connectivity index (χ1n) is 9.20. The minimum Gasteiger partial charge on any atom is -0.340 e. The second kappa shape index (κ2) is 7.61. The predicted octanol–water partition coefficient (Wildman–Crippen LogP) is 3.33. The minimum absolute atomic E-state index is 0.0157. The van der Waals surface area contributed by atoms with Gasteiger partial charge in [-0.2, -0.15) is 10.2 Å². The molecule has 1 aliphatic heterocycles. The van der Waals surface area contributed by atoms with Crippen LogP contribution in [0.3, 0.4) is 0 Å². The van der Waals surface area contributed by atoms with Gasteiger partial charge < -0.3 is 9.42 Å². The van der Waals surface area contributed by atoms with Gasteiger partial charge in [0, 0.05) is 43.3 Å². The zero-order valence-electron chi connectivity index (χ0n) is 15.5. The molecule has 1 saturated heterocycles. The Labute approximate surface area is 162 Å². The number of nitriles is 1. The van der Waals surface area contributed by atoms with Crippen LogP contribution in [-0.2, 0) is 0 Å². The molecular weight excluding hydrogens is 354 g/mol. The molecule has 7 heteroatoms. The van der Waals surface area contributed by atoms with Crippen LogP contribution in [0.25, 0.3) is 11.3 Å². The van der Waals surface area contributed by atoms with Gasteiger partial charge in [-0.3, -0.25) is 9.78 Å². The molecule has 0 saturated carbocycles. The molecule has 2 aromatic heterocycles. The molecule has 0 aliphatic carbocycles. The van der Waals surface area contributed by atoms with Crippen LogP contribution in [0.5, 0.6) is 0 Å². The summed E-state index contributed by atoms with van der Waals surface area (Å²) in [6.07, 6.45) is 3.50. The number of amides is 1. The van der Waals surface area contributed by atoms with Crippen LogP contribution in [0.15, 0.2) is 47.1 Å². The summed E-state index contributed by atoms with van der Waals surface area (Å²) in [7, 11) is 0. The number of benzene rings is 1. The molecule has 1 atom stereocenters. The Balaban J connectivity index is 1.51. The van der Waals surface area contributed by atoms with Crippen molar-refractivity contribution >= 4 is 5.91 Å². The van der Waals surface area contributed by atoms with Crippen LogP contribution in [-0.4, -0.2) is 39.0 Å². The number of hydrogen-bond acceptors (Lipinski definition) is 6. The van der Waals surface area contributed by atoms with E-state index in [9.17, 15) is 10.1 Å². The fraction of sp³-hybridized carbons (Fsp3) is 0.286. The Morgan fingerprint density at radius 1 is 1.29 bits per heavy atom. The Bertz CT molecular complexity index is 1040. The molecule has 1 amide bonds. The maximum absolute atomic E-state index is 12.9. The average molecular weight is 373 g/mol. The zero-order chi connectivity index (χ0) is 19.5. The van der Waals surface area contributed by atoms with Crippen LogP contribution < -0.4 is 0 Å². The van der Waals surface area contributed by atoms with Gasteiger partial charge in [0.2, 0.25) is 5.89 Å². The number of hydrogen-bond donors (Lipinski definition) is 0. The molecule has 7 nitrogen and oxygen atoms in total. The van der Waals surface area contributed by atoms with Gasteiger partial charge in [-0.1, -0.05) is 17.3 Å². The van der Waals surface area contributed by atoms with E-state index in [1.165, 1.54) is 0 Å². The van der Waals surface area contributed by atoms with Crippen molar-refractivity contribution in [3.63, 3.8) is 0 Å². The summed E-state index contributed by atoms with van der Waals surface area (Å²) in [5, 5.41) is 13.3. The summed E-state index contributed by atoms with van der Waals surface area (Å²) in [4.78, 5) is 23.4. The lowest BCUT2D eigenvalue weighted by molar-refractivity contribution is 0.0703. The van der Waals surface area contributed by atoms with E-state index in [1.807, 2.05) is 17.0 Å². The first-order valence-corrected chi connectivity index (χ1v) is 9.20. The first-order chi connectivity index (χ1) is 13.7. The Morgan fingerprint density at radius 2 is 2.11 bits per heavy atom. The molecule has 0 unspecified atom stereocenters. The third-order valence-corrected chi connectivity index (χ3v) is 4.95. The van der Waals surface area contributed by atoms with Gasteiger partial charge in [0.1, 0.15) is 6.07 Å². The van der Waals surface area contributed by atoms with Gasteiger partial charge in [0.15, 0.2) is 5.82 Å². The van der Waals surface area contributed by atoms with Gasteiger partial charge in [0.05, 0.1) is 11.3 Å². The predicted molar refractivity (Wildman–Crippen MR) is 101 cm³/mol. The molecule has 140 valence electrons. The van der Waals surface area contributed by atoms with Crippen LogP contribution in [0.2, 0.25) is 0 Å². The highest BCUT2D eigenvalue weighted by Crippen LogP contribution is 2.27. The molecule has 3 aromatic rings. The highest BCUT2D eigenvalue weighted by atomic mass is 16.5. The second-order valence-electron chi connectivity index (χ2n) is 6.85. The quantitative estimate of drug-likeness (QED) is 0.699. The minimum atomic E-state index is -0.0157. The van der Waals surface area contributed by atoms with E-state index in [-0.39, 0.29) is 11.8 Å². The van der Waals surface area contributed by atoms with Crippen molar-refractivity contribution in [3.05, 3.63) is 65.4 Å². The lowest BCUT2D eigenvalue weighted by Gasteiger charge is -2.31. The molecular formula is C21H19N5O2. The van der Waals surface area contributed by atoms with Gasteiger partial charge in [-0.05, 0) is 37.1 Å². The summed E-state index contributed by atoms with van der Waals surface area (Å²) in [5.41, 5.74) is 2.56. The van der Waals surface area contributed by atoms with Gasteiger partial charge >= 0.3 is 0 Å². The molecule has 4 rings (SSSR count). The molecule has 1 aliphatic rings. The van der Waals surface area contributed by atoms with Crippen molar-refractivity contribution in [2.24, 2.45) is 0 Å². The van der Waals surface area contributed by atoms with E-state index in [1.54, 1.807) is 37.4 Å². The number of rotatable bonds is 3. The number of nitrogens with zero attached hydrogens (tertiary/aromatic N) is 5. The molecule has 1 aromatic carbocycles. The van der Waals surface area contributed by atoms with E-state index in [2.05, 4.69) is 21.2 Å². The average Bonchev–Trinajstić information content (AvgIpc) is 3.20. The van der Waals surface area contributed by atoms with E-state index in [4.69, 9.17) is 4.52 Å². The Kier molecular flexibility index (Phi) is 4.85. The number of carbonyl (C=O) groups is 1. The van der Waals surface area contributed by atoms with E-state index in [0.29, 0.717) is 41.6 Å². The molecule has 0 radical (unpaired) electrons. The Hall–Kier alpha value is -3.53. The molecule has 1 fully saturated rings. The van der Waals surface area contributed by atoms with Crippen LogP contribution in [0.1, 0.15) is 46.4 Å². The molecule has 0 bridgehead atoms. The fourth-order valence-electron chi connectivity index (χ4n) is 3.53. The SMILES string of the molecule is Cc1nc([C@H]2CCCN(C(=O)c3ccc(-c4ncccc4C#N)cc3)C2)no1. The number of aryl methyl sites for hydroxylation is 1. The summed E-state index contributed by atoms with van der Waals surface area (Å²) in [5.74, 6) is 1.30. The van der Waals surface area contributed by atoms with Crippen molar-refractivity contribution in [2.45, 2.75) is 25.7 Å². The standard InChI is InChI=1S/C21H19N5O2/c1-14-24-20(25-28-14)18-5-3-11-26(13-18)21(27)16-8-6-15(7-9-16)19-17(12-22)4-2-10-23-19/h2,4,6-10,18H,3,5,11,13H2,1H3/t18-/m0/s1. The van der Waals surface area contributed by atoms with E-state index >= 15 is 0 Å². The second-order valence-corrected chi connectivity index (χ2v) is 6.85. The zero-order valence-corrected chi connectivity index (χ0v) is 15.5. The number of pyridine rings is 1. The van der Waals surface area contributed by atoms with Crippen molar-refractivity contribution in [3.8, 4) is 17.3 Å². The van der Waals surface area contributed by atoms with E-state index in [0.717, 1.165) is 18.4 Å². The topological polar surface area (TPSA) is 95.9 Å². The fourth-order valence-corrected chi connectivity index (χ4v) is 3.53. The maximum Gasteiger partial charge on any atom is 0.253 e. The van der Waals surface area contributed by atoms with Gasteiger partial charge in [0.25, 0.3) is 5.91 Å². The van der Waals surface area contributed by atoms with Crippen molar-refractivity contribution in [2.75, 3.05) is 13.1 Å². The van der Waals surface area contributed by atoms with E-state index < -0.39 is 0 Å². The molecule has 0 N–H and O–H groups in total. The lowest BCUT2D eigenvalue weighted by atomic mass is 9.96. The largest absolute Gasteiger partial charge is 0.340 e. The monoisotopic (exact) mass is 373 g/mol. The van der Waals surface area contributed by atoms with Crippen molar-refractivity contribution < 1.29 is 9.32 Å². The summed E-state index contributed by atoms with van der Waals surface area (Å²) in [6, 6.07) is 12.9. The maximum atomic E-state index is 12.9. The number of likely N-dealkylation sites (tertiary alicyclic amines) is 1. The third kappa shape index (κ3) is 3.49. The van der Waals surface area contributed by atoms with Crippen LogP contribution in [0, 0.1) is 18.3 Å². The van der Waals surface area contributed by atoms with Crippen molar-refractivity contribution in [1.82, 2.24) is 20.0 Å². The van der Waals surface area contributed by atoms with Crippen molar-refractivity contribution in [1.29, 1.82) is 5.26 Å².